The molecule has 2 aromatic carbocycles. The average molecular weight is 472 g/mol. The van der Waals surface area contributed by atoms with Gasteiger partial charge in [-0.05, 0) is 37.1 Å². The Bertz CT molecular complexity index is 1220. The smallest absolute Gasteiger partial charge is 0.416 e. The van der Waals surface area contributed by atoms with Gasteiger partial charge in [0, 0.05) is 17.9 Å². The lowest BCUT2D eigenvalue weighted by Crippen LogP contribution is -2.34. The number of cyclic esters (lactones) is 1. The number of alkyl halides is 3. The van der Waals surface area contributed by atoms with E-state index in [0.29, 0.717) is 17.1 Å². The van der Waals surface area contributed by atoms with Crippen LogP contribution in [0.3, 0.4) is 0 Å². The lowest BCUT2D eigenvalue weighted by molar-refractivity contribution is -0.141. The Morgan fingerprint density at radius 1 is 1.18 bits per heavy atom. The first kappa shape index (κ1) is 23.4. The Morgan fingerprint density at radius 3 is 2.53 bits per heavy atom. The number of rotatable bonds is 5. The van der Waals surface area contributed by atoms with Gasteiger partial charge in [-0.1, -0.05) is 36.4 Å². The second-order valence-corrected chi connectivity index (χ2v) is 7.96. The Morgan fingerprint density at radius 2 is 1.85 bits per heavy atom. The molecule has 0 aliphatic carbocycles. The molecule has 2 aliphatic rings. The highest BCUT2D eigenvalue weighted by molar-refractivity contribution is 6.01. The van der Waals surface area contributed by atoms with Gasteiger partial charge in [0.2, 0.25) is 0 Å². The minimum absolute atomic E-state index is 0.000134. The Balaban J connectivity index is 1.95. The number of benzene rings is 2. The Labute approximate surface area is 194 Å². The lowest BCUT2D eigenvalue weighted by atomic mass is 9.78. The van der Waals surface area contributed by atoms with Crippen LogP contribution in [0.25, 0.3) is 0 Å². The van der Waals surface area contributed by atoms with E-state index in [2.05, 4.69) is 0 Å². The van der Waals surface area contributed by atoms with E-state index < -0.39 is 29.6 Å². The van der Waals surface area contributed by atoms with Crippen LogP contribution in [-0.2, 0) is 31.8 Å². The third kappa shape index (κ3) is 4.02. The molecule has 2 N–H and O–H groups in total. The molecule has 2 heterocycles. The zero-order valence-electron chi connectivity index (χ0n) is 18.6. The summed E-state index contributed by atoms with van der Waals surface area (Å²) in [5.41, 5.74) is 6.94. The zero-order valence-corrected chi connectivity index (χ0v) is 18.6. The molecule has 178 valence electrons. The molecule has 1 atom stereocenters. The van der Waals surface area contributed by atoms with Crippen LogP contribution in [0.1, 0.15) is 36.5 Å². The molecule has 2 aromatic rings. The maximum Gasteiger partial charge on any atom is 0.416 e. The van der Waals surface area contributed by atoms with Gasteiger partial charge in [0.15, 0.2) is 0 Å². The Hall–Kier alpha value is -3.75. The van der Waals surface area contributed by atoms with Crippen molar-refractivity contribution in [3.05, 3.63) is 87.8 Å². The van der Waals surface area contributed by atoms with Crippen molar-refractivity contribution in [2.24, 2.45) is 0 Å². The first-order valence-corrected chi connectivity index (χ1v) is 10.7. The summed E-state index contributed by atoms with van der Waals surface area (Å²) < 4.78 is 52.3. The second-order valence-electron chi connectivity index (χ2n) is 7.96. The van der Waals surface area contributed by atoms with E-state index >= 15 is 0 Å². The van der Waals surface area contributed by atoms with Crippen molar-refractivity contribution in [3.8, 4) is 0 Å². The quantitative estimate of drug-likeness (QED) is 0.509. The van der Waals surface area contributed by atoms with Gasteiger partial charge in [-0.3, -0.25) is 0 Å². The highest BCUT2D eigenvalue weighted by Gasteiger charge is 2.47. The number of carbonyl (C=O) groups is 2. The van der Waals surface area contributed by atoms with Crippen molar-refractivity contribution in [2.75, 3.05) is 18.9 Å². The van der Waals surface area contributed by atoms with Gasteiger partial charge >= 0.3 is 18.1 Å². The van der Waals surface area contributed by atoms with Crippen LogP contribution in [0, 0.1) is 0 Å². The predicted molar refractivity (Wildman–Crippen MR) is 118 cm³/mol. The number of para-hydroxylation sites is 1. The van der Waals surface area contributed by atoms with Crippen molar-refractivity contribution in [1.82, 2.24) is 4.90 Å². The maximum absolute atomic E-state index is 13.9. The van der Waals surface area contributed by atoms with Gasteiger partial charge in [0.1, 0.15) is 6.61 Å². The summed E-state index contributed by atoms with van der Waals surface area (Å²) in [6.45, 7) is 3.32. The summed E-state index contributed by atoms with van der Waals surface area (Å²) in [5.74, 6) is -2.84. The summed E-state index contributed by atoms with van der Waals surface area (Å²) in [6.07, 6.45) is -4.69. The number of esters is 2. The van der Waals surface area contributed by atoms with Crippen molar-refractivity contribution < 1.29 is 32.2 Å². The summed E-state index contributed by atoms with van der Waals surface area (Å²) in [6, 6.07) is 12.0. The van der Waals surface area contributed by atoms with E-state index in [9.17, 15) is 22.8 Å². The fourth-order valence-corrected chi connectivity index (χ4v) is 4.47. The normalized spacial score (nSPS) is 18.2. The van der Waals surface area contributed by atoms with Crippen LogP contribution in [0.15, 0.2) is 71.1 Å². The van der Waals surface area contributed by atoms with Crippen LogP contribution in [-0.4, -0.2) is 30.1 Å². The number of anilines is 1. The van der Waals surface area contributed by atoms with Crippen molar-refractivity contribution in [2.45, 2.75) is 32.5 Å². The Kier molecular flexibility index (Phi) is 6.12. The molecule has 1 unspecified atom stereocenters. The summed E-state index contributed by atoms with van der Waals surface area (Å²) in [7, 11) is 0. The molecule has 0 amide bonds. The van der Waals surface area contributed by atoms with Crippen molar-refractivity contribution in [3.63, 3.8) is 0 Å². The monoisotopic (exact) mass is 472 g/mol. The number of carbonyl (C=O) groups excluding carboxylic acids is 2. The maximum atomic E-state index is 13.9. The molecule has 0 saturated heterocycles. The molecule has 0 aromatic heterocycles. The van der Waals surface area contributed by atoms with Crippen LogP contribution in [0.2, 0.25) is 0 Å². The van der Waals surface area contributed by atoms with E-state index in [1.807, 2.05) is 0 Å². The number of nitrogen functional groups attached to an aromatic ring is 1. The molecule has 0 fully saturated rings. The molecule has 34 heavy (non-hydrogen) atoms. The van der Waals surface area contributed by atoms with Crippen LogP contribution in [0.4, 0.5) is 18.9 Å². The molecular formula is C25H23F3N2O4. The second kappa shape index (κ2) is 8.89. The van der Waals surface area contributed by atoms with E-state index in [1.165, 1.54) is 18.2 Å². The number of ether oxygens (including phenoxy) is 2. The molecule has 0 spiro atoms. The van der Waals surface area contributed by atoms with E-state index in [-0.39, 0.29) is 36.5 Å². The standard InChI is InChI=1S/C25H23F3N2O4/c1-3-33-23(31)20-14(2)30(12-15-8-4-7-11-18(15)29)19-13-34-24(32)22(19)21(20)16-9-5-6-10-17(16)25(26,27)28/h4-11,21H,3,12-13,29H2,1-2H3. The van der Waals surface area contributed by atoms with Gasteiger partial charge in [-0.15, -0.1) is 0 Å². The molecule has 0 radical (unpaired) electrons. The van der Waals surface area contributed by atoms with Gasteiger partial charge in [0.05, 0.1) is 34.9 Å². The SMILES string of the molecule is CCOC(=O)C1=C(C)N(Cc2ccccc2N)C2=C(C(=O)OC2)C1c1ccccc1C(F)(F)F. The molecule has 9 heteroatoms. The molecule has 4 rings (SSSR count). The van der Waals surface area contributed by atoms with Gasteiger partial charge in [-0.2, -0.15) is 13.2 Å². The fraction of sp³-hybridized carbons (Fsp3) is 0.280. The number of allylic oxidation sites excluding steroid dienone is 1. The number of nitrogens with two attached hydrogens (primary N) is 1. The van der Waals surface area contributed by atoms with E-state index in [1.54, 1.807) is 43.0 Å². The minimum atomic E-state index is -4.69. The summed E-state index contributed by atoms with van der Waals surface area (Å²) in [5, 5.41) is 0. The van der Waals surface area contributed by atoms with Crippen molar-refractivity contribution >= 4 is 17.6 Å². The third-order valence-electron chi connectivity index (χ3n) is 6.02. The van der Waals surface area contributed by atoms with Gasteiger partial charge in [0.25, 0.3) is 0 Å². The van der Waals surface area contributed by atoms with Crippen molar-refractivity contribution in [1.29, 1.82) is 0 Å². The minimum Gasteiger partial charge on any atom is -0.463 e. The van der Waals surface area contributed by atoms with Gasteiger partial charge in [-0.25, -0.2) is 9.59 Å². The summed E-state index contributed by atoms with van der Waals surface area (Å²) >= 11 is 0. The lowest BCUT2D eigenvalue weighted by Gasteiger charge is -2.36. The fourth-order valence-electron chi connectivity index (χ4n) is 4.47. The van der Waals surface area contributed by atoms with Crippen LogP contribution in [0.5, 0.6) is 0 Å². The first-order chi connectivity index (χ1) is 16.1. The highest BCUT2D eigenvalue weighted by atomic mass is 19.4. The molecule has 0 saturated carbocycles. The highest BCUT2D eigenvalue weighted by Crippen LogP contribution is 2.48. The average Bonchev–Trinajstić information content (AvgIpc) is 3.17. The number of halogens is 3. The molecule has 2 aliphatic heterocycles. The first-order valence-electron chi connectivity index (χ1n) is 10.7. The number of nitrogens with zero attached hydrogens (tertiary/aromatic N) is 1. The number of hydrogen-bond acceptors (Lipinski definition) is 6. The van der Waals surface area contributed by atoms with Crippen LogP contribution < -0.4 is 5.73 Å². The third-order valence-corrected chi connectivity index (χ3v) is 6.02. The van der Waals surface area contributed by atoms with Crippen LogP contribution >= 0.6 is 0 Å². The molecule has 6 nitrogen and oxygen atoms in total. The summed E-state index contributed by atoms with van der Waals surface area (Å²) in [4.78, 5) is 27.7. The molecule has 0 bridgehead atoms. The predicted octanol–water partition coefficient (Wildman–Crippen LogP) is 4.54. The topological polar surface area (TPSA) is 81.9 Å². The van der Waals surface area contributed by atoms with Gasteiger partial charge < -0.3 is 20.1 Å². The zero-order chi connectivity index (χ0) is 24.6. The number of hydrogen-bond donors (Lipinski definition) is 1. The molecular weight excluding hydrogens is 449 g/mol. The van der Waals surface area contributed by atoms with E-state index in [0.717, 1.165) is 11.6 Å². The van der Waals surface area contributed by atoms with E-state index in [4.69, 9.17) is 15.2 Å². The largest absolute Gasteiger partial charge is 0.463 e.